The third-order valence-electron chi connectivity index (χ3n) is 21.1. The van der Waals surface area contributed by atoms with E-state index in [0.717, 1.165) is 79.5 Å². The van der Waals surface area contributed by atoms with Crippen LogP contribution < -0.4 is 15.5 Å². The summed E-state index contributed by atoms with van der Waals surface area (Å²) in [5.74, 6) is 2.31. The molecule has 96 heavy (non-hydrogen) atoms. The van der Waals surface area contributed by atoms with Crippen molar-refractivity contribution >= 4 is 163 Å². The molecule has 0 radical (unpaired) electrons. The number of nitrogens with zero attached hydrogens (tertiary/aromatic N) is 6. The fraction of sp³-hybridized carbons (Fsp3) is 0.0920. The zero-order valence-electron chi connectivity index (χ0n) is 52.6. The highest BCUT2D eigenvalue weighted by Gasteiger charge is 2.47. The van der Waals surface area contributed by atoms with Crippen molar-refractivity contribution in [2.45, 2.75) is 44.6 Å². The Balaban J connectivity index is 0.704. The highest BCUT2D eigenvalue weighted by Crippen LogP contribution is 2.54. The van der Waals surface area contributed by atoms with Crippen molar-refractivity contribution in [1.29, 1.82) is 0 Å². The van der Waals surface area contributed by atoms with Gasteiger partial charge in [-0.1, -0.05) is 171 Å². The Labute approximate surface area is 565 Å². The minimum absolute atomic E-state index is 0.0754. The van der Waals surface area contributed by atoms with Gasteiger partial charge in [0.15, 0.2) is 5.82 Å². The second-order valence-electron chi connectivity index (χ2n) is 26.8. The van der Waals surface area contributed by atoms with Crippen LogP contribution in [-0.2, 0) is 11.8 Å². The number of para-hydroxylation sites is 2. The molecule has 1 aliphatic heterocycles. The van der Waals surface area contributed by atoms with Crippen LogP contribution in [0.5, 0.6) is 0 Å². The van der Waals surface area contributed by atoms with Gasteiger partial charge in [-0.15, -0.1) is 34.0 Å². The van der Waals surface area contributed by atoms with E-state index < -0.39 is 0 Å². The summed E-state index contributed by atoms with van der Waals surface area (Å²) in [4.78, 5) is 20.9. The highest BCUT2D eigenvalue weighted by molar-refractivity contribution is 7.26. The number of thiophene rings is 3. The van der Waals surface area contributed by atoms with Gasteiger partial charge < -0.3 is 4.90 Å². The number of hydrogen-bond acceptors (Lipinski definition) is 7. The molecule has 0 fully saturated rings. The molecule has 0 N–H and O–H groups in total. The molecule has 0 saturated carbocycles. The number of anilines is 2. The lowest BCUT2D eigenvalue weighted by molar-refractivity contribution is 0.553. The largest absolute Gasteiger partial charge is 0.333 e. The molecule has 11 aromatic carbocycles. The first-order valence-electron chi connectivity index (χ1n) is 33.3. The van der Waals surface area contributed by atoms with Crippen molar-refractivity contribution in [2.75, 3.05) is 4.90 Å². The van der Waals surface area contributed by atoms with Crippen molar-refractivity contribution in [3.8, 4) is 45.5 Å². The second-order valence-corrected chi connectivity index (χ2v) is 30.1. The molecular weight excluding hydrogens is 1230 g/mol. The van der Waals surface area contributed by atoms with Crippen LogP contribution in [0.4, 0.5) is 11.4 Å². The van der Waals surface area contributed by atoms with Crippen LogP contribution in [0.1, 0.15) is 48.3 Å². The van der Waals surface area contributed by atoms with Crippen LogP contribution in [0.25, 0.3) is 163 Å². The summed E-state index contributed by atoms with van der Waals surface area (Å²) in [5, 5.41) is 14.6. The molecule has 3 unspecified atom stereocenters. The quantitative estimate of drug-likeness (QED) is 0.160. The normalized spacial score (nSPS) is 17.3. The molecule has 454 valence electrons. The van der Waals surface area contributed by atoms with E-state index in [-0.39, 0.29) is 11.5 Å². The van der Waals surface area contributed by atoms with Gasteiger partial charge in [0.25, 0.3) is 0 Å². The van der Waals surface area contributed by atoms with E-state index in [1.807, 2.05) is 34.0 Å². The van der Waals surface area contributed by atoms with Crippen molar-refractivity contribution in [3.05, 3.63) is 281 Å². The molecule has 4 aliphatic rings. The Morgan fingerprint density at radius 1 is 0.438 bits per heavy atom. The third kappa shape index (κ3) is 8.17. The second kappa shape index (κ2) is 20.6. The van der Waals surface area contributed by atoms with Crippen LogP contribution in [0.15, 0.2) is 249 Å². The standard InChI is InChI=1S/C87H58N6S3/c1-50-23-34-65-70-47-56(30-38-81(70)96-82(65)41-50)54-28-36-75-67(45-54)62-14-4-9-19-73(62)93(75)86-89-84(88-85(90-86)92-72-18-8-3-13-61(72)66-44-53(27-35-74(66)92)55-29-37-79-68(46-55)63-15-5-11-21-77(63)94-79)58-25-24-52-43-60(33-26-51(52)42-58)91-76-20-10-7-17-71(76)87(2)49-59(32-40-83(87)91)57-31-39-80-69(48-57)64-16-6-12-22-78(64)95-80/h3,5-8,10-40,42-50,83H,4,9,41H2,1-2H3. The lowest BCUT2D eigenvalue weighted by atomic mass is 9.73. The molecule has 0 spiro atoms. The number of rotatable bonds is 7. The van der Waals surface area contributed by atoms with Gasteiger partial charge in [0.1, 0.15) is 0 Å². The number of benzene rings is 11. The van der Waals surface area contributed by atoms with Gasteiger partial charge in [0.05, 0.1) is 27.9 Å². The van der Waals surface area contributed by atoms with Gasteiger partial charge in [-0.2, -0.15) is 15.0 Å². The maximum atomic E-state index is 5.66. The molecule has 17 aromatic rings. The predicted molar refractivity (Wildman–Crippen MR) is 409 cm³/mol. The molecule has 9 heteroatoms. The monoisotopic (exact) mass is 1280 g/mol. The van der Waals surface area contributed by atoms with E-state index in [9.17, 15) is 0 Å². The van der Waals surface area contributed by atoms with Crippen LogP contribution in [-0.4, -0.2) is 30.1 Å². The van der Waals surface area contributed by atoms with Crippen molar-refractivity contribution < 1.29 is 0 Å². The van der Waals surface area contributed by atoms with E-state index in [0.29, 0.717) is 23.6 Å². The highest BCUT2D eigenvalue weighted by atomic mass is 32.1. The Morgan fingerprint density at radius 2 is 1.01 bits per heavy atom. The third-order valence-corrected chi connectivity index (χ3v) is 24.7. The van der Waals surface area contributed by atoms with Crippen LogP contribution in [0, 0.1) is 5.92 Å². The summed E-state index contributed by atoms with van der Waals surface area (Å²) in [6.07, 6.45) is 19.8. The maximum Gasteiger partial charge on any atom is 0.240 e. The van der Waals surface area contributed by atoms with Gasteiger partial charge in [-0.3, -0.25) is 9.13 Å². The maximum absolute atomic E-state index is 5.66. The van der Waals surface area contributed by atoms with Crippen LogP contribution >= 0.6 is 34.0 Å². The Kier molecular flexibility index (Phi) is 11.7. The molecule has 0 bridgehead atoms. The van der Waals surface area contributed by atoms with Crippen LogP contribution in [0.2, 0.25) is 0 Å². The van der Waals surface area contributed by atoms with E-state index in [1.54, 1.807) is 0 Å². The number of aromatic nitrogens is 5. The van der Waals surface area contributed by atoms with Crippen molar-refractivity contribution in [2.24, 2.45) is 5.92 Å². The first-order valence-corrected chi connectivity index (χ1v) is 35.8. The average molecular weight is 1280 g/mol. The Hall–Kier alpha value is -10.8. The molecule has 0 amide bonds. The molecule has 3 aliphatic carbocycles. The summed E-state index contributed by atoms with van der Waals surface area (Å²) in [6.45, 7) is 4.73. The molecule has 7 heterocycles. The molecular formula is C87H58N6S3. The van der Waals surface area contributed by atoms with Crippen molar-refractivity contribution in [1.82, 2.24) is 24.1 Å². The SMILES string of the molecule is CC1C=Cc2c(sc3ccc(-c4ccc5c(c4)c4c(n5-c5nc(-c6ccc7cc(N8c9ccccc9C9(C)C=C(c%10ccc%11sc%12ccccc%12c%11c%10)C=CC89)ccc7c6)nc(-n6c7ccccc7c7cc(-c8ccc9sc%10ccccc%10c9c8)ccc76)n5)=CCCC=4)cc23)C1. The lowest BCUT2D eigenvalue weighted by Crippen LogP contribution is -2.39. The number of allylic oxidation sites excluding steroid dienone is 3. The van der Waals surface area contributed by atoms with Gasteiger partial charge in [-0.25, -0.2) is 0 Å². The molecule has 6 nitrogen and oxygen atoms in total. The predicted octanol–water partition coefficient (Wildman–Crippen LogP) is 22.0. The Bertz CT molecular complexity index is 6520. The smallest absolute Gasteiger partial charge is 0.240 e. The van der Waals surface area contributed by atoms with Crippen molar-refractivity contribution in [3.63, 3.8) is 0 Å². The zero-order chi connectivity index (χ0) is 63.1. The molecule has 6 aromatic heterocycles. The summed E-state index contributed by atoms with van der Waals surface area (Å²) >= 11 is 5.67. The lowest BCUT2D eigenvalue weighted by Gasteiger charge is -2.36. The first kappa shape index (κ1) is 54.6. The zero-order valence-corrected chi connectivity index (χ0v) is 55.0. The molecule has 21 rings (SSSR count). The summed E-state index contributed by atoms with van der Waals surface area (Å²) in [5.41, 5.74) is 16.1. The van der Waals surface area contributed by atoms with Gasteiger partial charge >= 0.3 is 0 Å². The number of fused-ring (bicyclic) bond motifs is 19. The van der Waals surface area contributed by atoms with E-state index in [4.69, 9.17) is 15.0 Å². The minimum atomic E-state index is -0.273. The summed E-state index contributed by atoms with van der Waals surface area (Å²) in [7, 11) is 0. The average Bonchev–Trinajstić information content (AvgIpc) is 1.57. The van der Waals surface area contributed by atoms with E-state index in [2.05, 4.69) is 295 Å². The first-order chi connectivity index (χ1) is 47.3. The molecule has 0 saturated heterocycles. The fourth-order valence-corrected chi connectivity index (χ4v) is 20.0. The summed E-state index contributed by atoms with van der Waals surface area (Å²) in [6, 6.07) is 83.9. The van der Waals surface area contributed by atoms with Crippen LogP contribution in [0.3, 0.4) is 0 Å². The topological polar surface area (TPSA) is 51.8 Å². The molecule has 3 atom stereocenters. The van der Waals surface area contributed by atoms with Gasteiger partial charge in [0, 0.05) is 99.0 Å². The number of hydrogen-bond donors (Lipinski definition) is 0. The van der Waals surface area contributed by atoms with Gasteiger partial charge in [-0.05, 0) is 191 Å². The summed E-state index contributed by atoms with van der Waals surface area (Å²) < 4.78 is 11.2. The van der Waals surface area contributed by atoms with E-state index >= 15 is 0 Å². The Morgan fingerprint density at radius 3 is 1.79 bits per heavy atom. The van der Waals surface area contributed by atoms with Gasteiger partial charge in [0.2, 0.25) is 11.9 Å². The fourth-order valence-electron chi connectivity index (χ4n) is 16.5. The van der Waals surface area contributed by atoms with E-state index in [1.165, 1.54) is 111 Å². The minimum Gasteiger partial charge on any atom is -0.333 e.